The van der Waals surface area contributed by atoms with Gasteiger partial charge in [0.2, 0.25) is 0 Å². The molecule has 25 rings (SSSR count). The molecule has 0 bridgehead atoms. The van der Waals surface area contributed by atoms with Crippen LogP contribution in [0, 0.1) is 0 Å². The Hall–Kier alpha value is -13.4. The van der Waals surface area contributed by atoms with Crippen molar-refractivity contribution in [2.45, 2.75) is 0 Å². The molecule has 0 saturated heterocycles. The second kappa shape index (κ2) is 26.3. The lowest BCUT2D eigenvalue weighted by atomic mass is 9.49. The van der Waals surface area contributed by atoms with Crippen LogP contribution < -0.4 is 35.0 Å². The minimum absolute atomic E-state index is 0.301. The highest BCUT2D eigenvalue weighted by atomic mass is 15.1. The van der Waals surface area contributed by atoms with Crippen molar-refractivity contribution in [1.82, 2.24) is 0 Å². The lowest BCUT2D eigenvalue weighted by Gasteiger charge is -2.36. The minimum Gasteiger partial charge on any atom is -0.383 e. The fraction of sp³-hybridized carbons (Fsp3) is 0. The number of hydrogen-bond donors (Lipinski definition) is 0. The summed E-state index contributed by atoms with van der Waals surface area (Å²) in [5.74, 6) is 18.0. The van der Waals surface area contributed by atoms with E-state index in [4.69, 9.17) is 0 Å². The summed E-state index contributed by atoms with van der Waals surface area (Å²) in [7, 11) is 0. The van der Waals surface area contributed by atoms with Gasteiger partial charge in [0.25, 0.3) is 0 Å². The molecule has 0 radical (unpaired) electrons. The molecule has 0 aliphatic carbocycles. The third kappa shape index (κ3) is 10.6. The predicted octanol–water partition coefficient (Wildman–Crippen LogP) is 22.7. The van der Waals surface area contributed by atoms with Gasteiger partial charge in [-0.05, 0) is 194 Å². The van der Waals surface area contributed by atoms with Crippen LogP contribution in [0.5, 0.6) is 0 Å². The van der Waals surface area contributed by atoms with Gasteiger partial charge in [0.15, 0.2) is 0 Å². The Morgan fingerprint density at radius 1 is 0.213 bits per heavy atom. The zero-order chi connectivity index (χ0) is 71.2. The molecule has 500 valence electrons. The summed E-state index contributed by atoms with van der Waals surface area (Å²) >= 11 is 0. The molecule has 10 heteroatoms. The molecular weight excluding hydrogens is 1300 g/mol. The number of benzene rings is 15. The normalized spacial score (nSPS) is 15.3. The van der Waals surface area contributed by atoms with E-state index >= 15 is 0 Å². The first kappa shape index (κ1) is 63.1. The Balaban J connectivity index is 0.0000000862. The maximum atomic E-state index is 2.38. The summed E-state index contributed by atoms with van der Waals surface area (Å²) in [5.41, 5.74) is 15.9. The molecule has 15 aromatic rings. The van der Waals surface area contributed by atoms with E-state index in [2.05, 4.69) is 437 Å². The molecule has 108 heavy (non-hydrogen) atoms. The van der Waals surface area contributed by atoms with E-state index in [1.807, 2.05) is 0 Å². The van der Waals surface area contributed by atoms with E-state index in [0.717, 1.165) is 0 Å². The van der Waals surface area contributed by atoms with Crippen molar-refractivity contribution >= 4 is 189 Å². The van der Waals surface area contributed by atoms with Crippen LogP contribution in [-0.4, -0.2) is 34.2 Å². The van der Waals surface area contributed by atoms with Gasteiger partial charge in [-0.25, -0.2) is 0 Å². The summed E-state index contributed by atoms with van der Waals surface area (Å²) in [6, 6.07) is 92.5. The Labute approximate surface area is 630 Å². The summed E-state index contributed by atoms with van der Waals surface area (Å²) < 4.78 is 0. The van der Waals surface area contributed by atoms with Crippen molar-refractivity contribution in [3.05, 3.63) is 411 Å². The van der Waals surface area contributed by atoms with Gasteiger partial charge in [-0.15, -0.1) is 0 Å². The van der Waals surface area contributed by atoms with E-state index in [1.54, 1.807) is 0 Å². The fourth-order valence-corrected chi connectivity index (χ4v) is 18.1. The number of rotatable bonds is 0. The quantitative estimate of drug-likeness (QED) is 0.0852. The molecule has 0 fully saturated rings. The summed E-state index contributed by atoms with van der Waals surface area (Å²) in [6.07, 6.45) is 38.9. The second-order valence-corrected chi connectivity index (χ2v) is 29.0. The van der Waals surface area contributed by atoms with E-state index in [-0.39, 0.29) is 0 Å². The van der Waals surface area contributed by atoms with Crippen LogP contribution in [0.4, 0.5) is 28.4 Å². The molecule has 0 N–H and O–H groups in total. The average molecular weight is 1370 g/mol. The van der Waals surface area contributed by atoms with Gasteiger partial charge in [-0.3, -0.25) is 0 Å². The molecular formula is C98H68B5N5. The number of nitrogens with zero attached hydrogens (tertiary/aromatic N) is 5. The molecule has 5 nitrogen and oxygen atoms in total. The smallest absolute Gasteiger partial charge is 0.320 e. The minimum atomic E-state index is 0.301. The highest BCUT2D eigenvalue weighted by Gasteiger charge is 2.35. The fourth-order valence-electron chi connectivity index (χ4n) is 18.1. The zero-order valence-corrected chi connectivity index (χ0v) is 59.4. The third-order valence-corrected chi connectivity index (χ3v) is 23.0. The van der Waals surface area contributed by atoms with Crippen LogP contribution in [0.2, 0.25) is 0 Å². The summed E-state index contributed by atoms with van der Waals surface area (Å²) in [5, 5.41) is 23.9. The van der Waals surface area contributed by atoms with E-state index in [1.165, 1.54) is 164 Å². The lowest BCUT2D eigenvalue weighted by Crippen LogP contribution is -2.49. The van der Waals surface area contributed by atoms with Crippen molar-refractivity contribution in [1.29, 1.82) is 0 Å². The van der Waals surface area contributed by atoms with Gasteiger partial charge in [0.05, 0.1) is 0 Å². The Kier molecular flexibility index (Phi) is 15.4. The number of allylic oxidation sites excluding steroid dienone is 10. The van der Waals surface area contributed by atoms with Crippen molar-refractivity contribution in [3.63, 3.8) is 0 Å². The molecule has 10 aliphatic heterocycles. The van der Waals surface area contributed by atoms with Gasteiger partial charge in [0, 0.05) is 55.5 Å². The van der Waals surface area contributed by atoms with Gasteiger partial charge >= 0.3 is 34.2 Å². The highest BCUT2D eigenvalue weighted by Crippen LogP contribution is 2.46. The van der Waals surface area contributed by atoms with E-state index < -0.39 is 0 Å². The summed E-state index contributed by atoms with van der Waals surface area (Å²) in [6.45, 7) is 1.60. The number of fused-ring (bicyclic) bond motifs is 31. The first-order valence-electron chi connectivity index (χ1n) is 37.7. The Morgan fingerprint density at radius 2 is 0.639 bits per heavy atom. The molecule has 15 aromatic carbocycles. The molecule has 10 heterocycles. The van der Waals surface area contributed by atoms with Gasteiger partial charge in [-0.1, -0.05) is 327 Å². The third-order valence-electron chi connectivity index (χ3n) is 23.0. The highest BCUT2D eigenvalue weighted by molar-refractivity contribution is 6.86. The van der Waals surface area contributed by atoms with Crippen LogP contribution in [0.1, 0.15) is 16.7 Å². The van der Waals surface area contributed by atoms with Gasteiger partial charge < -0.3 is 24.1 Å². The van der Waals surface area contributed by atoms with Crippen LogP contribution >= 0.6 is 0 Å². The first-order chi connectivity index (χ1) is 53.6. The predicted molar refractivity (Wildman–Crippen MR) is 474 cm³/mol. The van der Waals surface area contributed by atoms with Crippen LogP contribution in [0.25, 0.3) is 126 Å². The first-order valence-corrected chi connectivity index (χ1v) is 37.7. The number of hydrogen-bond acceptors (Lipinski definition) is 5. The standard InChI is InChI=1S/4C20H14BN.C18H12BN/c1-2-8-16-15(7-1)11-12-19-20(16)17-9-3-4-10-18(17)21-13-5-6-14-22(19)21;1-2-6-17-15(5-1)7-10-19-18(17)9-8-16-11-13-21-12-3-4-14-22(21)20(16)19;1-2-6-18-15(5-1)7-8-16-9-10-17-11-13-21-12-3-4-14-22(21)20(17)19(16)18;1-2-6-17-14-19-18(13-16(17)5-1)8-7-15-9-11-21-10-3-4-12-22(21)20(15)19;1-2-12-20-16-8-4-6-14-10-9-13-5-3-7-15(19(20)11-1)17(13)18(14)16/h4*1-14H;1-12H. The van der Waals surface area contributed by atoms with Crippen molar-refractivity contribution in [2.24, 2.45) is 0 Å². The Morgan fingerprint density at radius 3 is 1.32 bits per heavy atom. The molecule has 0 aromatic heterocycles. The SMILES string of the molecule is C1=CB2C=Cc3ccc4c(ccc5ccccc54)c3N2C=C1.C1=CB2C=Cc3ccc4cc5ccccc5cc4c3N2C=C1.C1=CB2C=Cc3ccc4ccc5ccccc5c4c3N2C=C1.C1=CB2c3cccc4ccc5cccc(c5c34)N2C=C1.C1=CB2c3ccccc3-c3c(ccc4ccccc34)N2C=C1. The van der Waals surface area contributed by atoms with Crippen LogP contribution in [0.15, 0.2) is 394 Å². The van der Waals surface area contributed by atoms with Crippen molar-refractivity contribution < 1.29 is 0 Å². The van der Waals surface area contributed by atoms with Gasteiger partial charge in [0.1, 0.15) is 0 Å². The molecule has 0 atom stereocenters. The van der Waals surface area contributed by atoms with Crippen LogP contribution in [-0.2, 0) is 0 Å². The topological polar surface area (TPSA) is 16.2 Å². The van der Waals surface area contributed by atoms with E-state index in [9.17, 15) is 0 Å². The molecule has 0 saturated carbocycles. The molecule has 0 unspecified atom stereocenters. The maximum absolute atomic E-state index is 2.38. The molecule has 0 spiro atoms. The largest absolute Gasteiger partial charge is 0.383 e. The average Bonchev–Trinajstić information content (AvgIpc) is 0.740. The zero-order valence-electron chi connectivity index (χ0n) is 59.4. The molecule has 0 amide bonds. The number of anilines is 5. The van der Waals surface area contributed by atoms with Crippen molar-refractivity contribution in [3.8, 4) is 11.1 Å². The lowest BCUT2D eigenvalue weighted by molar-refractivity contribution is 1.37. The van der Waals surface area contributed by atoms with Crippen molar-refractivity contribution in [2.75, 3.05) is 24.1 Å². The Bertz CT molecular complexity index is 6600. The second-order valence-electron chi connectivity index (χ2n) is 29.0. The van der Waals surface area contributed by atoms with Crippen LogP contribution in [0.3, 0.4) is 0 Å². The maximum Gasteiger partial charge on any atom is 0.320 e. The van der Waals surface area contributed by atoms with E-state index in [0.29, 0.717) is 34.2 Å². The summed E-state index contributed by atoms with van der Waals surface area (Å²) in [4.78, 5) is 11.9. The molecule has 10 aliphatic rings. The van der Waals surface area contributed by atoms with Gasteiger partial charge in [-0.2, -0.15) is 0 Å². The monoisotopic (exact) mass is 1370 g/mol.